The number of amides is 2. The SMILES string of the molecule is O=C(NC(c1ccccc1)c1cccc(OCc2ccc(C(=O)OCCN(Cc3ccc(Cl)cc3)C(=O)c3ccc(CNCC(O)c4ccc(O)c5[nH]c(=O)ccc45)cc3)cc2)c1)O[C@H]1CN2CCC1CC2. The third kappa shape index (κ3) is 12.5. The molecule has 3 aliphatic heterocycles. The van der Waals surface area contributed by atoms with Gasteiger partial charge in [0.2, 0.25) is 5.56 Å². The fourth-order valence-electron chi connectivity index (χ4n) is 9.38. The Balaban J connectivity index is 0.772. The second kappa shape index (κ2) is 23.2. The molecule has 6 aromatic carbocycles. The van der Waals surface area contributed by atoms with Crippen molar-refractivity contribution in [1.29, 1.82) is 0 Å². The lowest BCUT2D eigenvalue weighted by atomic mass is 9.86. The molecule has 10 rings (SSSR count). The first kappa shape index (κ1) is 49.5. The number of alkyl carbamates (subject to hydrolysis) is 1. The number of fused-ring (bicyclic) bond motifs is 4. The maximum absolute atomic E-state index is 14.0. The van der Waals surface area contributed by atoms with Crippen LogP contribution in [0.2, 0.25) is 5.02 Å². The smallest absolute Gasteiger partial charge is 0.408 e. The molecule has 3 atom stereocenters. The summed E-state index contributed by atoms with van der Waals surface area (Å²) in [5, 5.41) is 28.6. The van der Waals surface area contributed by atoms with Crippen LogP contribution in [0.5, 0.6) is 11.5 Å². The summed E-state index contributed by atoms with van der Waals surface area (Å²) in [6.07, 6.45) is 0.624. The first-order valence-electron chi connectivity index (χ1n) is 24.1. The number of nitrogens with one attached hydrogen (secondary N) is 3. The van der Waals surface area contributed by atoms with E-state index in [0.29, 0.717) is 45.3 Å². The molecule has 370 valence electrons. The summed E-state index contributed by atoms with van der Waals surface area (Å²) in [6, 6.07) is 44.2. The lowest BCUT2D eigenvalue weighted by Crippen LogP contribution is -2.52. The summed E-state index contributed by atoms with van der Waals surface area (Å²) in [7, 11) is 0. The van der Waals surface area contributed by atoms with Crippen LogP contribution in [0.4, 0.5) is 4.79 Å². The van der Waals surface area contributed by atoms with E-state index < -0.39 is 24.2 Å². The molecule has 2 unspecified atom stereocenters. The maximum Gasteiger partial charge on any atom is 0.408 e. The average molecular weight is 991 g/mol. The third-order valence-electron chi connectivity index (χ3n) is 13.3. The molecule has 7 aromatic rings. The van der Waals surface area contributed by atoms with Gasteiger partial charge in [-0.2, -0.15) is 0 Å². The zero-order valence-electron chi connectivity index (χ0n) is 39.5. The number of aliphatic hydroxyl groups excluding tert-OH is 1. The van der Waals surface area contributed by atoms with Gasteiger partial charge in [0.1, 0.15) is 30.8 Å². The summed E-state index contributed by atoms with van der Waals surface area (Å²) in [6.45, 7) is 4.05. The van der Waals surface area contributed by atoms with Gasteiger partial charge < -0.3 is 44.9 Å². The average Bonchev–Trinajstić information content (AvgIpc) is 3.41. The first-order chi connectivity index (χ1) is 35.0. The minimum absolute atomic E-state index is 0.0493. The molecule has 0 spiro atoms. The molecule has 3 fully saturated rings. The number of carbonyl (C=O) groups is 3. The molecule has 0 radical (unpaired) electrons. The zero-order chi connectivity index (χ0) is 50.0. The number of carbonyl (C=O) groups excluding carboxylic acids is 3. The number of hydrogen-bond acceptors (Lipinski definition) is 11. The standard InChI is InChI=1S/C57H56ClN5O9/c58-45-19-13-38(14-20-45)34-63(55(67)42-15-9-37(10-16-42)32-59-33-50(65)47-21-23-49(64)54-48(47)22-24-52(66)60-54)29-30-70-56(68)43-17-11-39(12-18-43)36-71-46-8-4-7-44(31-46)53(41-5-2-1-3-6-41)61-57(69)72-51-35-62-27-25-40(51)26-28-62/h1-24,31,40,50-51,53,59,64-65H,25-30,32-36H2,(H,60,66)(H,61,69)/t50?,51-,53?/m0/s1. The molecule has 0 aliphatic carbocycles. The number of rotatable bonds is 19. The number of phenols is 1. The van der Waals surface area contributed by atoms with Crippen molar-refractivity contribution in [2.24, 2.45) is 5.92 Å². The molecular formula is C57H56ClN5O9. The van der Waals surface area contributed by atoms with Crippen molar-refractivity contribution in [3.05, 3.63) is 212 Å². The van der Waals surface area contributed by atoms with Crippen molar-refractivity contribution >= 4 is 40.5 Å². The Morgan fingerprint density at radius 3 is 2.24 bits per heavy atom. The van der Waals surface area contributed by atoms with Gasteiger partial charge in [-0.3, -0.25) is 14.5 Å². The quantitative estimate of drug-likeness (QED) is 0.0489. The van der Waals surface area contributed by atoms with Crippen LogP contribution >= 0.6 is 11.6 Å². The van der Waals surface area contributed by atoms with Gasteiger partial charge >= 0.3 is 12.1 Å². The predicted molar refractivity (Wildman–Crippen MR) is 274 cm³/mol. The monoisotopic (exact) mass is 989 g/mol. The van der Waals surface area contributed by atoms with E-state index in [-0.39, 0.29) is 61.7 Å². The van der Waals surface area contributed by atoms with Gasteiger partial charge in [-0.15, -0.1) is 0 Å². The van der Waals surface area contributed by atoms with E-state index >= 15 is 0 Å². The molecule has 0 saturated carbocycles. The molecule has 1 aromatic heterocycles. The minimum Gasteiger partial charge on any atom is -0.506 e. The van der Waals surface area contributed by atoms with Crippen molar-refractivity contribution in [2.75, 3.05) is 39.3 Å². The predicted octanol–water partition coefficient (Wildman–Crippen LogP) is 8.70. The van der Waals surface area contributed by atoms with Gasteiger partial charge in [0.25, 0.3) is 5.91 Å². The van der Waals surface area contributed by atoms with Crippen LogP contribution in [0, 0.1) is 5.92 Å². The van der Waals surface area contributed by atoms with Gasteiger partial charge in [-0.05, 0) is 126 Å². The van der Waals surface area contributed by atoms with Crippen LogP contribution in [-0.4, -0.2) is 88.4 Å². The fourth-order valence-corrected chi connectivity index (χ4v) is 9.51. The highest BCUT2D eigenvalue weighted by atomic mass is 35.5. The largest absolute Gasteiger partial charge is 0.506 e. The lowest BCUT2D eigenvalue weighted by Gasteiger charge is -2.43. The third-order valence-corrected chi connectivity index (χ3v) is 13.6. The summed E-state index contributed by atoms with van der Waals surface area (Å²) in [5.41, 5.74) is 5.58. The van der Waals surface area contributed by atoms with Crippen LogP contribution in [-0.2, 0) is 29.2 Å². The molecule has 15 heteroatoms. The Labute approximate surface area is 422 Å². The number of aromatic hydroxyl groups is 1. The lowest BCUT2D eigenvalue weighted by molar-refractivity contribution is -0.0336. The van der Waals surface area contributed by atoms with E-state index in [4.69, 9.17) is 25.8 Å². The van der Waals surface area contributed by atoms with Crippen molar-refractivity contribution in [1.82, 2.24) is 25.4 Å². The van der Waals surface area contributed by atoms with Gasteiger partial charge in [-0.1, -0.05) is 96.5 Å². The van der Waals surface area contributed by atoms with Crippen LogP contribution in [0.1, 0.15) is 79.1 Å². The minimum atomic E-state index is -0.923. The number of H-pyrrole nitrogens is 1. The van der Waals surface area contributed by atoms with Crippen molar-refractivity contribution in [3.8, 4) is 11.5 Å². The number of pyridine rings is 1. The Kier molecular flexibility index (Phi) is 15.9. The van der Waals surface area contributed by atoms with Gasteiger partial charge in [0.05, 0.1) is 29.8 Å². The van der Waals surface area contributed by atoms with Crippen LogP contribution < -0.4 is 20.9 Å². The van der Waals surface area contributed by atoms with E-state index in [0.717, 1.165) is 60.3 Å². The number of aliphatic hydroxyl groups is 1. The number of ether oxygens (including phenoxy) is 3. The topological polar surface area (TPSA) is 183 Å². The first-order valence-corrected chi connectivity index (χ1v) is 24.5. The second-order valence-corrected chi connectivity index (χ2v) is 18.7. The Morgan fingerprint density at radius 2 is 1.50 bits per heavy atom. The summed E-state index contributed by atoms with van der Waals surface area (Å²) >= 11 is 6.15. The normalized spacial score (nSPS) is 16.9. The molecule has 4 heterocycles. The maximum atomic E-state index is 14.0. The number of piperidine rings is 3. The van der Waals surface area contributed by atoms with Crippen molar-refractivity contribution in [2.45, 2.75) is 50.8 Å². The zero-order valence-corrected chi connectivity index (χ0v) is 40.3. The number of aromatic amines is 1. The van der Waals surface area contributed by atoms with E-state index in [1.54, 1.807) is 65.6 Å². The Hall–Kier alpha value is -7.49. The number of hydrogen-bond donors (Lipinski definition) is 5. The van der Waals surface area contributed by atoms with Gasteiger partial charge in [-0.25, -0.2) is 9.59 Å². The highest BCUT2D eigenvalue weighted by molar-refractivity contribution is 6.30. The van der Waals surface area contributed by atoms with Crippen molar-refractivity contribution < 1.29 is 38.8 Å². The summed E-state index contributed by atoms with van der Waals surface area (Å²) in [4.78, 5) is 59.0. The molecular weight excluding hydrogens is 934 g/mol. The summed E-state index contributed by atoms with van der Waals surface area (Å²) < 4.78 is 17.9. The number of phenolic OH excluding ortho intramolecular Hbond substituents is 1. The molecule has 2 amide bonds. The number of esters is 1. The van der Waals surface area contributed by atoms with Crippen LogP contribution in [0.25, 0.3) is 10.9 Å². The fraction of sp³-hybridized carbons (Fsp3) is 0.263. The Morgan fingerprint density at radius 1 is 0.792 bits per heavy atom. The highest BCUT2D eigenvalue weighted by Gasteiger charge is 2.37. The number of halogens is 1. The molecule has 5 N–H and O–H groups in total. The molecule has 14 nitrogen and oxygen atoms in total. The van der Waals surface area contributed by atoms with E-state index in [1.807, 2.05) is 78.9 Å². The van der Waals surface area contributed by atoms with Gasteiger partial charge in [0.15, 0.2) is 0 Å². The second-order valence-electron chi connectivity index (χ2n) is 18.2. The van der Waals surface area contributed by atoms with Crippen LogP contribution in [0.3, 0.4) is 0 Å². The highest BCUT2D eigenvalue weighted by Crippen LogP contribution is 2.32. The molecule has 3 aliphatic rings. The molecule has 2 bridgehead atoms. The van der Waals surface area contributed by atoms with E-state index in [9.17, 15) is 29.4 Å². The Bertz CT molecular complexity index is 3040. The van der Waals surface area contributed by atoms with Crippen molar-refractivity contribution in [3.63, 3.8) is 0 Å². The van der Waals surface area contributed by atoms with E-state index in [1.165, 1.54) is 12.1 Å². The van der Waals surface area contributed by atoms with Gasteiger partial charge in [0, 0.05) is 48.2 Å². The number of aromatic nitrogens is 1. The molecule has 3 saturated heterocycles. The molecule has 72 heavy (non-hydrogen) atoms. The van der Waals surface area contributed by atoms with E-state index in [2.05, 4.69) is 20.5 Å². The summed E-state index contributed by atoms with van der Waals surface area (Å²) in [5.74, 6) is 0.148. The van der Waals surface area contributed by atoms with Crippen LogP contribution in [0.15, 0.2) is 156 Å². The number of benzene rings is 6. The number of nitrogens with zero attached hydrogens (tertiary/aromatic N) is 2.